The summed E-state index contributed by atoms with van der Waals surface area (Å²) in [6.45, 7) is 0.645. The first-order valence-corrected chi connectivity index (χ1v) is 13.0. The van der Waals surface area contributed by atoms with E-state index in [9.17, 15) is 13.2 Å². The molecule has 0 bridgehead atoms. The maximum absolute atomic E-state index is 12.6. The molecule has 3 aromatic carbocycles. The molecule has 0 aromatic heterocycles. The van der Waals surface area contributed by atoms with E-state index in [2.05, 4.69) is 5.32 Å². The second kappa shape index (κ2) is 10.7. The fourth-order valence-corrected chi connectivity index (χ4v) is 4.81. The molecular formula is C24H26N2O4S2. The van der Waals surface area contributed by atoms with E-state index < -0.39 is 10.0 Å². The number of anilines is 2. The molecule has 0 heterocycles. The topological polar surface area (TPSA) is 75.7 Å². The number of carbonyl (C=O) groups excluding carboxylic acids is 1. The Hall–Kier alpha value is -2.81. The number of hydrogen-bond acceptors (Lipinski definition) is 5. The van der Waals surface area contributed by atoms with E-state index in [1.165, 1.54) is 22.3 Å². The van der Waals surface area contributed by atoms with Crippen LogP contribution in [0.3, 0.4) is 0 Å². The predicted molar refractivity (Wildman–Crippen MR) is 131 cm³/mol. The van der Waals surface area contributed by atoms with Crippen molar-refractivity contribution in [3.63, 3.8) is 0 Å². The summed E-state index contributed by atoms with van der Waals surface area (Å²) in [7, 11) is -1.87. The van der Waals surface area contributed by atoms with Crippen molar-refractivity contribution in [3.05, 3.63) is 89.5 Å². The van der Waals surface area contributed by atoms with Gasteiger partial charge >= 0.3 is 0 Å². The van der Waals surface area contributed by atoms with E-state index in [-0.39, 0.29) is 12.5 Å². The Balaban J connectivity index is 1.76. The molecule has 0 fully saturated rings. The summed E-state index contributed by atoms with van der Waals surface area (Å²) in [4.78, 5) is 13.5. The quantitative estimate of drug-likeness (QED) is 0.456. The summed E-state index contributed by atoms with van der Waals surface area (Å²) in [6, 6.07) is 21.8. The lowest BCUT2D eigenvalue weighted by atomic mass is 10.1. The molecule has 0 aliphatic rings. The second-order valence-electron chi connectivity index (χ2n) is 7.23. The molecule has 0 atom stereocenters. The zero-order chi connectivity index (χ0) is 23.1. The fraction of sp³-hybridized carbons (Fsp3) is 0.208. The van der Waals surface area contributed by atoms with E-state index in [0.29, 0.717) is 23.5 Å². The van der Waals surface area contributed by atoms with Crippen LogP contribution in [0.2, 0.25) is 0 Å². The van der Waals surface area contributed by atoms with Crippen LogP contribution in [0.25, 0.3) is 0 Å². The molecule has 0 saturated heterocycles. The Bertz CT molecular complexity index is 1180. The van der Waals surface area contributed by atoms with Gasteiger partial charge in [0.05, 0.1) is 25.1 Å². The van der Waals surface area contributed by atoms with E-state index in [1.54, 1.807) is 37.4 Å². The number of carbonyl (C=O) groups is 1. The van der Waals surface area contributed by atoms with Gasteiger partial charge in [-0.05, 0) is 53.8 Å². The van der Waals surface area contributed by atoms with Gasteiger partial charge in [0.1, 0.15) is 0 Å². The molecule has 6 nitrogen and oxygen atoms in total. The molecule has 1 amide bonds. The van der Waals surface area contributed by atoms with Gasteiger partial charge in [0.15, 0.2) is 0 Å². The van der Waals surface area contributed by atoms with Gasteiger partial charge < -0.3 is 10.1 Å². The number of rotatable bonds is 9. The number of hydrogen-bond donors (Lipinski definition) is 1. The van der Waals surface area contributed by atoms with Crippen molar-refractivity contribution in [2.24, 2.45) is 0 Å². The molecule has 0 aliphatic heterocycles. The van der Waals surface area contributed by atoms with E-state index in [0.717, 1.165) is 16.0 Å². The number of methoxy groups -OCH3 is 1. The van der Waals surface area contributed by atoms with Crippen LogP contribution in [0.15, 0.2) is 77.7 Å². The normalized spacial score (nSPS) is 11.2. The number of sulfonamides is 1. The summed E-state index contributed by atoms with van der Waals surface area (Å²) in [5.41, 5.74) is 3.56. The van der Waals surface area contributed by atoms with Crippen LogP contribution in [-0.2, 0) is 27.9 Å². The van der Waals surface area contributed by atoms with Gasteiger partial charge in [0.2, 0.25) is 10.0 Å². The average Bonchev–Trinajstić information content (AvgIpc) is 2.77. The van der Waals surface area contributed by atoms with Crippen LogP contribution in [-0.4, -0.2) is 33.9 Å². The Morgan fingerprint density at radius 2 is 1.72 bits per heavy atom. The van der Waals surface area contributed by atoms with Crippen LogP contribution < -0.4 is 9.62 Å². The standard InChI is InChI=1S/C24H26N2O4S2/c1-30-17-19-7-6-8-21(15-19)25-24(27)20-13-11-18(12-14-20)16-26(32(3,28)29)22-9-4-5-10-23(22)31-2/h4-15H,16-17H2,1-3H3,(H,25,27). The second-order valence-corrected chi connectivity index (χ2v) is 9.98. The predicted octanol–water partition coefficient (Wildman–Crippen LogP) is 4.77. The Morgan fingerprint density at radius 1 is 1.00 bits per heavy atom. The smallest absolute Gasteiger partial charge is 0.255 e. The van der Waals surface area contributed by atoms with Crippen LogP contribution in [0.4, 0.5) is 11.4 Å². The molecule has 0 saturated carbocycles. The summed E-state index contributed by atoms with van der Waals surface area (Å²) in [5.74, 6) is -0.237. The number of benzene rings is 3. The number of amides is 1. The number of thioether (sulfide) groups is 1. The maximum atomic E-state index is 12.6. The largest absolute Gasteiger partial charge is 0.380 e. The van der Waals surface area contributed by atoms with E-state index >= 15 is 0 Å². The maximum Gasteiger partial charge on any atom is 0.255 e. The monoisotopic (exact) mass is 470 g/mol. The summed E-state index contributed by atoms with van der Waals surface area (Å²) in [6.07, 6.45) is 3.11. The minimum absolute atomic E-state index is 0.178. The molecule has 168 valence electrons. The van der Waals surface area contributed by atoms with Gasteiger partial charge in [-0.2, -0.15) is 0 Å². The Labute approximate surface area is 193 Å². The number of ether oxygens (including phenoxy) is 1. The minimum atomic E-state index is -3.49. The van der Waals surface area contributed by atoms with Crippen LogP contribution >= 0.6 is 11.8 Å². The Morgan fingerprint density at radius 3 is 2.38 bits per heavy atom. The number of nitrogens with zero attached hydrogens (tertiary/aromatic N) is 1. The lowest BCUT2D eigenvalue weighted by Gasteiger charge is -2.24. The molecular weight excluding hydrogens is 444 g/mol. The van der Waals surface area contributed by atoms with Crippen molar-refractivity contribution >= 4 is 39.1 Å². The average molecular weight is 471 g/mol. The highest BCUT2D eigenvalue weighted by atomic mass is 32.2. The van der Waals surface area contributed by atoms with Gasteiger partial charge in [-0.15, -0.1) is 11.8 Å². The number of para-hydroxylation sites is 1. The first-order chi connectivity index (χ1) is 15.3. The van der Waals surface area contributed by atoms with Crippen LogP contribution in [0.1, 0.15) is 21.5 Å². The molecule has 0 aliphatic carbocycles. The van der Waals surface area contributed by atoms with Crippen LogP contribution in [0.5, 0.6) is 0 Å². The molecule has 1 N–H and O–H groups in total. The van der Waals surface area contributed by atoms with E-state index in [4.69, 9.17) is 4.74 Å². The first-order valence-electron chi connectivity index (χ1n) is 9.90. The van der Waals surface area contributed by atoms with Gasteiger partial charge in [-0.3, -0.25) is 9.10 Å². The van der Waals surface area contributed by atoms with Crippen molar-refractivity contribution in [2.45, 2.75) is 18.0 Å². The van der Waals surface area contributed by atoms with Gasteiger partial charge in [-0.25, -0.2) is 8.42 Å². The third-order valence-corrected chi connectivity index (χ3v) is 6.70. The van der Waals surface area contributed by atoms with Crippen molar-refractivity contribution in [3.8, 4) is 0 Å². The highest BCUT2D eigenvalue weighted by Crippen LogP contribution is 2.31. The summed E-state index contributed by atoms with van der Waals surface area (Å²) in [5, 5.41) is 2.88. The fourth-order valence-electron chi connectivity index (χ4n) is 3.25. The van der Waals surface area contributed by atoms with Crippen LogP contribution in [0, 0.1) is 0 Å². The van der Waals surface area contributed by atoms with Gasteiger partial charge in [0.25, 0.3) is 5.91 Å². The number of nitrogens with one attached hydrogen (secondary N) is 1. The molecule has 0 radical (unpaired) electrons. The molecule has 3 rings (SSSR count). The zero-order valence-corrected chi connectivity index (χ0v) is 19.9. The third kappa shape index (κ3) is 6.12. The minimum Gasteiger partial charge on any atom is -0.380 e. The summed E-state index contributed by atoms with van der Waals surface area (Å²) < 4.78 is 31.5. The lowest BCUT2D eigenvalue weighted by molar-refractivity contribution is 0.102. The molecule has 3 aromatic rings. The summed E-state index contributed by atoms with van der Waals surface area (Å²) >= 11 is 1.49. The van der Waals surface area contributed by atoms with Crippen molar-refractivity contribution in [1.29, 1.82) is 0 Å². The Kier molecular flexibility index (Phi) is 7.95. The molecule has 0 spiro atoms. The molecule has 8 heteroatoms. The zero-order valence-electron chi connectivity index (χ0n) is 18.2. The van der Waals surface area contributed by atoms with Crippen molar-refractivity contribution in [2.75, 3.05) is 29.2 Å². The first kappa shape index (κ1) is 23.8. The lowest BCUT2D eigenvalue weighted by Crippen LogP contribution is -2.29. The highest BCUT2D eigenvalue weighted by Gasteiger charge is 2.20. The van der Waals surface area contributed by atoms with E-state index in [1.807, 2.05) is 48.7 Å². The van der Waals surface area contributed by atoms with Crippen molar-refractivity contribution < 1.29 is 17.9 Å². The SMILES string of the molecule is COCc1cccc(NC(=O)c2ccc(CN(c3ccccc3SC)S(C)(=O)=O)cc2)c1. The van der Waals surface area contributed by atoms with Crippen molar-refractivity contribution in [1.82, 2.24) is 0 Å². The highest BCUT2D eigenvalue weighted by molar-refractivity contribution is 7.99. The van der Waals surface area contributed by atoms with Gasteiger partial charge in [-0.1, -0.05) is 36.4 Å². The third-order valence-electron chi connectivity index (χ3n) is 4.79. The molecule has 0 unspecified atom stereocenters. The molecule has 32 heavy (non-hydrogen) atoms. The van der Waals surface area contributed by atoms with Gasteiger partial charge in [0, 0.05) is 23.3 Å².